The number of nitrogens with zero attached hydrogens (tertiary/aromatic N) is 2. The van der Waals surface area contributed by atoms with Crippen LogP contribution in [0.4, 0.5) is 11.4 Å². The molecule has 0 bridgehead atoms. The Bertz CT molecular complexity index is 612. The van der Waals surface area contributed by atoms with E-state index < -0.39 is 0 Å². The molecular formula is C16H16N2O. The van der Waals surface area contributed by atoms with Crippen LogP contribution in [0, 0.1) is 18.3 Å². The summed E-state index contributed by atoms with van der Waals surface area (Å²) in [6.45, 7) is 2.05. The second kappa shape index (κ2) is 5.55. The van der Waals surface area contributed by atoms with Crippen molar-refractivity contribution in [2.24, 2.45) is 0 Å². The van der Waals surface area contributed by atoms with Gasteiger partial charge in [0.2, 0.25) is 0 Å². The van der Waals surface area contributed by atoms with Crippen molar-refractivity contribution in [1.82, 2.24) is 0 Å². The molecule has 0 amide bonds. The highest BCUT2D eigenvalue weighted by Gasteiger charge is 2.06. The first kappa shape index (κ1) is 13.1. The zero-order chi connectivity index (χ0) is 13.8. The molecule has 0 atom stereocenters. The van der Waals surface area contributed by atoms with Crippen LogP contribution in [-0.2, 0) is 6.61 Å². The number of anilines is 2. The molecule has 0 aromatic heterocycles. The number of nitriles is 1. The predicted octanol–water partition coefficient (Wildman–Crippen LogP) is 3.13. The quantitative estimate of drug-likeness (QED) is 0.913. The van der Waals surface area contributed by atoms with E-state index in [-0.39, 0.29) is 6.61 Å². The van der Waals surface area contributed by atoms with E-state index in [9.17, 15) is 5.11 Å². The summed E-state index contributed by atoms with van der Waals surface area (Å²) in [7, 11) is 1.98. The van der Waals surface area contributed by atoms with Crippen LogP contribution >= 0.6 is 0 Å². The number of aliphatic hydroxyl groups is 1. The van der Waals surface area contributed by atoms with Crippen LogP contribution in [0.1, 0.15) is 16.7 Å². The number of hydrogen-bond acceptors (Lipinski definition) is 3. The third kappa shape index (κ3) is 2.75. The van der Waals surface area contributed by atoms with Gasteiger partial charge < -0.3 is 10.0 Å². The molecule has 1 N–H and O–H groups in total. The summed E-state index contributed by atoms with van der Waals surface area (Å²) in [5.41, 5.74) is 4.75. The lowest BCUT2D eigenvalue weighted by Gasteiger charge is -2.20. The molecule has 3 heteroatoms. The van der Waals surface area contributed by atoms with Crippen molar-refractivity contribution in [3.63, 3.8) is 0 Å². The molecule has 0 saturated carbocycles. The summed E-state index contributed by atoms with van der Waals surface area (Å²) < 4.78 is 0. The lowest BCUT2D eigenvalue weighted by molar-refractivity contribution is 0.281. The molecule has 3 nitrogen and oxygen atoms in total. The van der Waals surface area contributed by atoms with Gasteiger partial charge in [-0.2, -0.15) is 5.26 Å². The summed E-state index contributed by atoms with van der Waals surface area (Å²) >= 11 is 0. The number of hydrogen-bond donors (Lipinski definition) is 1. The zero-order valence-corrected chi connectivity index (χ0v) is 11.1. The monoisotopic (exact) mass is 252 g/mol. The first-order chi connectivity index (χ1) is 9.15. The third-order valence-corrected chi connectivity index (χ3v) is 3.27. The maximum atomic E-state index is 9.18. The molecule has 0 aliphatic heterocycles. The van der Waals surface area contributed by atoms with Gasteiger partial charge in [0, 0.05) is 18.4 Å². The third-order valence-electron chi connectivity index (χ3n) is 3.27. The van der Waals surface area contributed by atoms with Crippen LogP contribution in [0.15, 0.2) is 42.5 Å². The summed E-state index contributed by atoms with van der Waals surface area (Å²) in [6.07, 6.45) is 0. The molecule has 2 aromatic carbocycles. The van der Waals surface area contributed by atoms with Gasteiger partial charge in [-0.25, -0.2) is 0 Å². The number of aryl methyl sites for hydroxylation is 1. The van der Waals surface area contributed by atoms with Gasteiger partial charge in [-0.15, -0.1) is 0 Å². The first-order valence-corrected chi connectivity index (χ1v) is 6.10. The fraction of sp³-hybridized carbons (Fsp3) is 0.188. The molecular weight excluding hydrogens is 236 g/mol. The normalized spacial score (nSPS) is 10.0. The van der Waals surface area contributed by atoms with Gasteiger partial charge in [-0.3, -0.25) is 0 Å². The van der Waals surface area contributed by atoms with E-state index in [1.807, 2.05) is 44.3 Å². The van der Waals surface area contributed by atoms with E-state index in [0.717, 1.165) is 22.5 Å². The lowest BCUT2D eigenvalue weighted by Crippen LogP contribution is -2.09. The second-order valence-electron chi connectivity index (χ2n) is 4.49. The molecule has 2 aromatic rings. The number of rotatable bonds is 3. The molecule has 0 heterocycles. The molecule has 2 rings (SSSR count). The molecule has 96 valence electrons. The minimum Gasteiger partial charge on any atom is -0.392 e. The largest absolute Gasteiger partial charge is 0.392 e. The van der Waals surface area contributed by atoms with E-state index in [4.69, 9.17) is 5.26 Å². The van der Waals surface area contributed by atoms with Gasteiger partial charge in [-0.05, 0) is 54.4 Å². The Morgan fingerprint density at radius 2 is 1.74 bits per heavy atom. The molecule has 0 aliphatic rings. The van der Waals surface area contributed by atoms with E-state index in [1.165, 1.54) is 0 Å². The Hall–Kier alpha value is -2.31. The molecule has 0 saturated heterocycles. The van der Waals surface area contributed by atoms with Crippen LogP contribution in [-0.4, -0.2) is 12.2 Å². The average molecular weight is 252 g/mol. The van der Waals surface area contributed by atoms with Crippen molar-refractivity contribution in [2.45, 2.75) is 13.5 Å². The number of aliphatic hydroxyl groups excluding tert-OH is 1. The Kier molecular flexibility index (Phi) is 3.84. The minimum absolute atomic E-state index is 0.0622. The standard InChI is InChI=1S/C16H16N2O/c1-12-9-16(8-5-14(12)11-19)18(2)15-6-3-13(10-17)4-7-15/h3-9,19H,11H2,1-2H3. The van der Waals surface area contributed by atoms with Crippen molar-refractivity contribution in [3.05, 3.63) is 59.2 Å². The van der Waals surface area contributed by atoms with E-state index in [2.05, 4.69) is 11.0 Å². The van der Waals surface area contributed by atoms with Gasteiger partial charge in [0.15, 0.2) is 0 Å². The molecule has 0 unspecified atom stereocenters. The van der Waals surface area contributed by atoms with E-state index >= 15 is 0 Å². The number of benzene rings is 2. The van der Waals surface area contributed by atoms with E-state index in [1.54, 1.807) is 12.1 Å². The first-order valence-electron chi connectivity index (χ1n) is 6.10. The highest BCUT2D eigenvalue weighted by molar-refractivity contribution is 5.64. The summed E-state index contributed by atoms with van der Waals surface area (Å²) in [5, 5.41) is 18.0. The Balaban J connectivity index is 2.30. The van der Waals surface area contributed by atoms with Crippen LogP contribution in [0.3, 0.4) is 0 Å². The minimum atomic E-state index is 0.0622. The smallest absolute Gasteiger partial charge is 0.0991 e. The van der Waals surface area contributed by atoms with Gasteiger partial charge in [-0.1, -0.05) is 6.07 Å². The van der Waals surface area contributed by atoms with Crippen LogP contribution in [0.25, 0.3) is 0 Å². The van der Waals surface area contributed by atoms with Gasteiger partial charge in [0.1, 0.15) is 0 Å². The average Bonchev–Trinajstić information content (AvgIpc) is 2.46. The topological polar surface area (TPSA) is 47.3 Å². The van der Waals surface area contributed by atoms with Crippen LogP contribution in [0.2, 0.25) is 0 Å². The Labute approximate surface area is 113 Å². The highest BCUT2D eigenvalue weighted by atomic mass is 16.3. The van der Waals surface area contributed by atoms with E-state index in [0.29, 0.717) is 5.56 Å². The van der Waals surface area contributed by atoms with Gasteiger partial charge in [0.25, 0.3) is 0 Å². The molecule has 0 fully saturated rings. The van der Waals surface area contributed by atoms with Crippen molar-refractivity contribution >= 4 is 11.4 Å². The van der Waals surface area contributed by atoms with Crippen molar-refractivity contribution < 1.29 is 5.11 Å². The Morgan fingerprint density at radius 3 is 2.26 bits per heavy atom. The summed E-state index contributed by atoms with van der Waals surface area (Å²) in [5.74, 6) is 0. The summed E-state index contributed by atoms with van der Waals surface area (Å²) in [4.78, 5) is 2.05. The maximum Gasteiger partial charge on any atom is 0.0991 e. The zero-order valence-electron chi connectivity index (χ0n) is 11.1. The highest BCUT2D eigenvalue weighted by Crippen LogP contribution is 2.25. The van der Waals surface area contributed by atoms with Crippen molar-refractivity contribution in [3.8, 4) is 6.07 Å². The SMILES string of the molecule is Cc1cc(N(C)c2ccc(C#N)cc2)ccc1CO. The molecule has 0 aliphatic carbocycles. The molecule has 19 heavy (non-hydrogen) atoms. The summed E-state index contributed by atoms with van der Waals surface area (Å²) in [6, 6.07) is 15.5. The van der Waals surface area contributed by atoms with Crippen molar-refractivity contribution in [1.29, 1.82) is 5.26 Å². The van der Waals surface area contributed by atoms with Crippen LogP contribution in [0.5, 0.6) is 0 Å². The lowest BCUT2D eigenvalue weighted by atomic mass is 10.1. The second-order valence-corrected chi connectivity index (χ2v) is 4.49. The fourth-order valence-electron chi connectivity index (χ4n) is 1.97. The Morgan fingerprint density at radius 1 is 1.11 bits per heavy atom. The molecule has 0 spiro atoms. The predicted molar refractivity (Wildman–Crippen MR) is 76.3 cm³/mol. The maximum absolute atomic E-state index is 9.18. The fourth-order valence-corrected chi connectivity index (χ4v) is 1.97. The van der Waals surface area contributed by atoms with Gasteiger partial charge >= 0.3 is 0 Å². The van der Waals surface area contributed by atoms with Crippen LogP contribution < -0.4 is 4.90 Å². The van der Waals surface area contributed by atoms with Gasteiger partial charge in [0.05, 0.1) is 18.2 Å². The molecule has 0 radical (unpaired) electrons. The van der Waals surface area contributed by atoms with Crippen molar-refractivity contribution in [2.75, 3.05) is 11.9 Å².